The Bertz CT molecular complexity index is 343. The van der Waals surface area contributed by atoms with Gasteiger partial charge in [-0.3, -0.25) is 4.90 Å². The van der Waals surface area contributed by atoms with Crippen LogP contribution in [0.25, 0.3) is 0 Å². The lowest BCUT2D eigenvalue weighted by Gasteiger charge is -2.21. The molecule has 3 heteroatoms. The van der Waals surface area contributed by atoms with Gasteiger partial charge in [0.2, 0.25) is 0 Å². The van der Waals surface area contributed by atoms with Crippen molar-refractivity contribution < 1.29 is 4.74 Å². The van der Waals surface area contributed by atoms with E-state index >= 15 is 0 Å². The van der Waals surface area contributed by atoms with Crippen LogP contribution in [0.2, 0.25) is 0 Å². The number of nitrogens with zero attached hydrogens (tertiary/aromatic N) is 1. The minimum Gasteiger partial charge on any atom is -0.357 e. The van der Waals surface area contributed by atoms with Crippen LogP contribution in [0.15, 0.2) is 30.3 Å². The summed E-state index contributed by atoms with van der Waals surface area (Å²) in [4.78, 5) is 3.10. The Labute approximate surface area is 98.4 Å². The van der Waals surface area contributed by atoms with Crippen molar-refractivity contribution in [3.63, 3.8) is 0 Å². The van der Waals surface area contributed by atoms with Gasteiger partial charge in [-0.15, -0.1) is 0 Å². The molecule has 3 atom stereocenters. The Morgan fingerprint density at radius 3 is 2.87 bits per heavy atom. The standard InChI is InChI=1S/C12H14BrNO/c13-10-6-11-8-15-12(14(11)7-10)9-4-2-1-3-5-9/h1-5,10-12H,6-8H2/t10-,11+,12-/m1/s1. The Hall–Kier alpha value is -0.380. The molecule has 2 aliphatic rings. The Balaban J connectivity index is 1.84. The van der Waals surface area contributed by atoms with E-state index in [4.69, 9.17) is 4.74 Å². The quantitative estimate of drug-likeness (QED) is 0.726. The summed E-state index contributed by atoms with van der Waals surface area (Å²) in [5.41, 5.74) is 1.28. The van der Waals surface area contributed by atoms with E-state index in [1.165, 1.54) is 12.0 Å². The number of rotatable bonds is 1. The minimum absolute atomic E-state index is 0.179. The molecule has 15 heavy (non-hydrogen) atoms. The van der Waals surface area contributed by atoms with Gasteiger partial charge in [-0.25, -0.2) is 0 Å². The second-order valence-electron chi connectivity index (χ2n) is 4.28. The summed E-state index contributed by atoms with van der Waals surface area (Å²) in [6.07, 6.45) is 1.39. The molecule has 0 aromatic heterocycles. The van der Waals surface area contributed by atoms with E-state index in [0.717, 1.165) is 13.2 Å². The van der Waals surface area contributed by atoms with E-state index in [1.807, 2.05) is 6.07 Å². The summed E-state index contributed by atoms with van der Waals surface area (Å²) in [5, 5.41) is 0. The van der Waals surface area contributed by atoms with E-state index < -0.39 is 0 Å². The number of benzene rings is 1. The number of hydrogen-bond donors (Lipinski definition) is 0. The highest BCUT2D eigenvalue weighted by molar-refractivity contribution is 9.09. The molecule has 2 fully saturated rings. The van der Waals surface area contributed by atoms with Crippen LogP contribution in [0.5, 0.6) is 0 Å². The van der Waals surface area contributed by atoms with Gasteiger partial charge in [0, 0.05) is 17.4 Å². The predicted molar refractivity (Wildman–Crippen MR) is 63.0 cm³/mol. The molecule has 80 valence electrons. The summed E-state index contributed by atoms with van der Waals surface area (Å²) in [6, 6.07) is 11.1. The second kappa shape index (κ2) is 3.89. The van der Waals surface area contributed by atoms with Crippen molar-refractivity contribution in [2.45, 2.75) is 23.5 Å². The molecular formula is C12H14BrNO. The van der Waals surface area contributed by atoms with Gasteiger partial charge in [-0.05, 0) is 12.0 Å². The van der Waals surface area contributed by atoms with E-state index in [-0.39, 0.29) is 6.23 Å². The Morgan fingerprint density at radius 1 is 1.27 bits per heavy atom. The maximum absolute atomic E-state index is 5.86. The summed E-state index contributed by atoms with van der Waals surface area (Å²) < 4.78 is 5.86. The summed E-state index contributed by atoms with van der Waals surface area (Å²) in [7, 11) is 0. The molecule has 1 aromatic carbocycles. The van der Waals surface area contributed by atoms with Crippen LogP contribution in [0.1, 0.15) is 18.2 Å². The number of halogens is 1. The molecule has 2 heterocycles. The molecule has 0 radical (unpaired) electrons. The summed E-state index contributed by atoms with van der Waals surface area (Å²) in [5.74, 6) is 0. The zero-order chi connectivity index (χ0) is 10.3. The number of alkyl halides is 1. The van der Waals surface area contributed by atoms with Gasteiger partial charge in [0.05, 0.1) is 6.61 Å². The van der Waals surface area contributed by atoms with Gasteiger partial charge in [-0.2, -0.15) is 0 Å². The largest absolute Gasteiger partial charge is 0.357 e. The van der Waals surface area contributed by atoms with Crippen LogP contribution < -0.4 is 0 Å². The molecule has 0 N–H and O–H groups in total. The van der Waals surface area contributed by atoms with E-state index in [2.05, 4.69) is 45.1 Å². The van der Waals surface area contributed by atoms with Crippen LogP contribution in [-0.2, 0) is 4.74 Å². The summed E-state index contributed by atoms with van der Waals surface area (Å²) in [6.45, 7) is 1.98. The number of fused-ring (bicyclic) bond motifs is 1. The number of hydrogen-bond acceptors (Lipinski definition) is 2. The van der Waals surface area contributed by atoms with Gasteiger partial charge in [0.1, 0.15) is 6.23 Å². The second-order valence-corrected chi connectivity index (χ2v) is 5.57. The molecule has 0 bridgehead atoms. The van der Waals surface area contributed by atoms with Crippen LogP contribution >= 0.6 is 15.9 Å². The third kappa shape index (κ3) is 1.73. The molecule has 0 spiro atoms. The SMILES string of the molecule is Br[C@@H]1C[C@H]2CO[C@H](c3ccccc3)N2C1. The first-order chi connectivity index (χ1) is 7.34. The van der Waals surface area contributed by atoms with Crippen LogP contribution in [-0.4, -0.2) is 28.9 Å². The predicted octanol–water partition coefficient (Wildman–Crippen LogP) is 2.55. The van der Waals surface area contributed by atoms with E-state index in [0.29, 0.717) is 10.9 Å². The van der Waals surface area contributed by atoms with E-state index in [9.17, 15) is 0 Å². The lowest BCUT2D eigenvalue weighted by Crippen LogP contribution is -2.27. The normalized spacial score (nSPS) is 35.7. The fourth-order valence-corrected chi connectivity index (χ4v) is 3.30. The molecule has 2 aliphatic heterocycles. The molecule has 3 rings (SSSR count). The maximum atomic E-state index is 5.86. The fraction of sp³-hybridized carbons (Fsp3) is 0.500. The highest BCUT2D eigenvalue weighted by atomic mass is 79.9. The van der Waals surface area contributed by atoms with Gasteiger partial charge < -0.3 is 4.74 Å². The molecule has 2 nitrogen and oxygen atoms in total. The van der Waals surface area contributed by atoms with Crippen LogP contribution in [0.3, 0.4) is 0 Å². The van der Waals surface area contributed by atoms with Crippen molar-refractivity contribution in [2.75, 3.05) is 13.2 Å². The Kier molecular flexibility index (Phi) is 2.54. The minimum atomic E-state index is 0.179. The van der Waals surface area contributed by atoms with Crippen molar-refractivity contribution in [1.82, 2.24) is 4.90 Å². The first kappa shape index (κ1) is 9.82. The highest BCUT2D eigenvalue weighted by Crippen LogP contribution is 2.38. The lowest BCUT2D eigenvalue weighted by molar-refractivity contribution is 0.0358. The number of ether oxygens (including phenoxy) is 1. The van der Waals surface area contributed by atoms with Crippen LogP contribution in [0.4, 0.5) is 0 Å². The Morgan fingerprint density at radius 2 is 2.07 bits per heavy atom. The molecule has 0 aliphatic carbocycles. The summed E-state index contributed by atoms with van der Waals surface area (Å²) >= 11 is 3.70. The van der Waals surface area contributed by atoms with Crippen molar-refractivity contribution >= 4 is 15.9 Å². The molecular weight excluding hydrogens is 254 g/mol. The molecule has 2 saturated heterocycles. The van der Waals surface area contributed by atoms with Crippen molar-refractivity contribution in [3.8, 4) is 0 Å². The monoisotopic (exact) mass is 267 g/mol. The third-order valence-corrected chi connectivity index (χ3v) is 3.90. The third-order valence-electron chi connectivity index (χ3n) is 3.24. The first-order valence-electron chi connectivity index (χ1n) is 5.41. The molecule has 0 saturated carbocycles. The van der Waals surface area contributed by atoms with Gasteiger partial charge in [-0.1, -0.05) is 46.3 Å². The first-order valence-corrected chi connectivity index (χ1v) is 6.32. The molecule has 0 amide bonds. The fourth-order valence-electron chi connectivity index (χ4n) is 2.54. The van der Waals surface area contributed by atoms with Crippen LogP contribution in [0, 0.1) is 0 Å². The maximum Gasteiger partial charge on any atom is 0.137 e. The highest BCUT2D eigenvalue weighted by Gasteiger charge is 2.41. The lowest BCUT2D eigenvalue weighted by atomic mass is 10.2. The average Bonchev–Trinajstić information content (AvgIpc) is 2.77. The molecule has 1 aromatic rings. The van der Waals surface area contributed by atoms with Gasteiger partial charge in [0.25, 0.3) is 0 Å². The van der Waals surface area contributed by atoms with E-state index in [1.54, 1.807) is 0 Å². The van der Waals surface area contributed by atoms with Crippen molar-refractivity contribution in [1.29, 1.82) is 0 Å². The van der Waals surface area contributed by atoms with Crippen molar-refractivity contribution in [3.05, 3.63) is 35.9 Å². The van der Waals surface area contributed by atoms with Gasteiger partial charge in [0.15, 0.2) is 0 Å². The average molecular weight is 268 g/mol. The zero-order valence-corrected chi connectivity index (χ0v) is 10.1. The van der Waals surface area contributed by atoms with Crippen molar-refractivity contribution in [2.24, 2.45) is 0 Å². The van der Waals surface area contributed by atoms with Gasteiger partial charge >= 0.3 is 0 Å². The zero-order valence-electron chi connectivity index (χ0n) is 8.47. The topological polar surface area (TPSA) is 12.5 Å². The molecule has 0 unspecified atom stereocenters. The smallest absolute Gasteiger partial charge is 0.137 e.